The second-order valence-corrected chi connectivity index (χ2v) is 5.72. The molecule has 2 aromatic carbocycles. The summed E-state index contributed by atoms with van der Waals surface area (Å²) < 4.78 is 0. The number of benzene rings is 2. The fourth-order valence-corrected chi connectivity index (χ4v) is 2.50. The Hall–Kier alpha value is -2.82. The zero-order chi connectivity index (χ0) is 17.4. The standard InChI is InChI=1S/C19H23N3O2/c20-17-9-5-4-8-16(17)10-11-19(24)22(13-12-18(21)23)14-15-6-2-1-3-7-15/h1-9H,10-14,20H2,(H2,21,23). The van der Waals surface area contributed by atoms with Crippen LogP contribution in [-0.2, 0) is 22.6 Å². The van der Waals surface area contributed by atoms with Crippen LogP contribution in [0.3, 0.4) is 0 Å². The number of anilines is 1. The number of nitrogens with zero attached hydrogens (tertiary/aromatic N) is 1. The highest BCUT2D eigenvalue weighted by Gasteiger charge is 2.15. The Morgan fingerprint density at radius 1 is 0.917 bits per heavy atom. The summed E-state index contributed by atoms with van der Waals surface area (Å²) in [4.78, 5) is 25.3. The summed E-state index contributed by atoms with van der Waals surface area (Å²) in [6, 6.07) is 17.2. The lowest BCUT2D eigenvalue weighted by Gasteiger charge is -2.22. The number of rotatable bonds is 8. The maximum absolute atomic E-state index is 12.6. The van der Waals surface area contributed by atoms with Crippen LogP contribution in [0.25, 0.3) is 0 Å². The largest absolute Gasteiger partial charge is 0.399 e. The molecule has 0 aliphatic heterocycles. The van der Waals surface area contributed by atoms with Crippen molar-refractivity contribution in [3.8, 4) is 0 Å². The number of primary amides is 1. The fourth-order valence-electron chi connectivity index (χ4n) is 2.50. The molecule has 24 heavy (non-hydrogen) atoms. The van der Waals surface area contributed by atoms with Crippen molar-refractivity contribution in [3.63, 3.8) is 0 Å². The summed E-state index contributed by atoms with van der Waals surface area (Å²) in [5.41, 5.74) is 13.8. The molecule has 5 nitrogen and oxygen atoms in total. The van der Waals surface area contributed by atoms with Gasteiger partial charge in [0.25, 0.3) is 0 Å². The SMILES string of the molecule is NC(=O)CCN(Cc1ccccc1)C(=O)CCc1ccccc1N. The van der Waals surface area contributed by atoms with Crippen LogP contribution in [0.1, 0.15) is 24.0 Å². The number of hydrogen-bond acceptors (Lipinski definition) is 3. The molecule has 2 aromatic rings. The van der Waals surface area contributed by atoms with E-state index in [1.165, 1.54) is 0 Å². The third-order valence-corrected chi connectivity index (χ3v) is 3.86. The van der Waals surface area contributed by atoms with Gasteiger partial charge >= 0.3 is 0 Å². The minimum Gasteiger partial charge on any atom is -0.399 e. The molecule has 4 N–H and O–H groups in total. The number of hydrogen-bond donors (Lipinski definition) is 2. The Bertz CT molecular complexity index is 686. The average Bonchev–Trinajstić information content (AvgIpc) is 2.58. The van der Waals surface area contributed by atoms with E-state index < -0.39 is 5.91 Å². The van der Waals surface area contributed by atoms with Crippen molar-refractivity contribution < 1.29 is 9.59 Å². The topological polar surface area (TPSA) is 89.4 Å². The van der Waals surface area contributed by atoms with Gasteiger partial charge in [0.15, 0.2) is 0 Å². The second-order valence-electron chi connectivity index (χ2n) is 5.72. The fraction of sp³-hybridized carbons (Fsp3) is 0.263. The summed E-state index contributed by atoms with van der Waals surface area (Å²) in [5.74, 6) is -0.420. The molecule has 0 saturated heterocycles. The van der Waals surface area contributed by atoms with Crippen LogP contribution in [0.5, 0.6) is 0 Å². The zero-order valence-corrected chi connectivity index (χ0v) is 13.7. The van der Waals surface area contributed by atoms with Gasteiger partial charge in [0.2, 0.25) is 11.8 Å². The molecule has 5 heteroatoms. The third kappa shape index (κ3) is 5.43. The molecule has 0 spiro atoms. The quantitative estimate of drug-likeness (QED) is 0.728. The van der Waals surface area contributed by atoms with Crippen molar-refractivity contribution >= 4 is 17.5 Å². The average molecular weight is 325 g/mol. The first-order chi connectivity index (χ1) is 11.6. The molecular formula is C19H23N3O2. The van der Waals surface area contributed by atoms with E-state index in [4.69, 9.17) is 11.5 Å². The van der Waals surface area contributed by atoms with Crippen molar-refractivity contribution in [1.82, 2.24) is 4.90 Å². The Morgan fingerprint density at radius 2 is 1.58 bits per heavy atom. The smallest absolute Gasteiger partial charge is 0.223 e. The van der Waals surface area contributed by atoms with Crippen LogP contribution in [0.2, 0.25) is 0 Å². The second kappa shape index (κ2) is 8.72. The maximum atomic E-state index is 12.6. The van der Waals surface area contributed by atoms with Crippen LogP contribution in [0.15, 0.2) is 54.6 Å². The first kappa shape index (κ1) is 17.5. The van der Waals surface area contributed by atoms with Crippen LogP contribution < -0.4 is 11.5 Å². The first-order valence-electron chi connectivity index (χ1n) is 7.99. The molecule has 0 aliphatic carbocycles. The van der Waals surface area contributed by atoms with Gasteiger partial charge in [-0.15, -0.1) is 0 Å². The van der Waals surface area contributed by atoms with Gasteiger partial charge in [-0.1, -0.05) is 48.5 Å². The van der Waals surface area contributed by atoms with Crippen molar-refractivity contribution in [2.75, 3.05) is 12.3 Å². The molecule has 0 radical (unpaired) electrons. The lowest BCUT2D eigenvalue weighted by molar-refractivity contribution is -0.132. The Morgan fingerprint density at radius 3 is 2.25 bits per heavy atom. The van der Waals surface area contributed by atoms with E-state index in [0.29, 0.717) is 31.6 Å². The summed E-state index contributed by atoms with van der Waals surface area (Å²) in [6.45, 7) is 0.796. The number of amides is 2. The summed E-state index contributed by atoms with van der Waals surface area (Å²) in [6.07, 6.45) is 1.08. The molecule has 2 rings (SSSR count). The first-order valence-corrected chi connectivity index (χ1v) is 7.99. The van der Waals surface area contributed by atoms with Crippen LogP contribution in [-0.4, -0.2) is 23.3 Å². The van der Waals surface area contributed by atoms with Crippen LogP contribution in [0.4, 0.5) is 5.69 Å². The van der Waals surface area contributed by atoms with Crippen LogP contribution >= 0.6 is 0 Å². The van der Waals surface area contributed by atoms with E-state index in [1.807, 2.05) is 54.6 Å². The molecule has 2 amide bonds. The number of aryl methyl sites for hydroxylation is 1. The van der Waals surface area contributed by atoms with E-state index >= 15 is 0 Å². The van der Waals surface area contributed by atoms with E-state index in [-0.39, 0.29) is 12.3 Å². The molecule has 0 bridgehead atoms. The molecular weight excluding hydrogens is 302 g/mol. The van der Waals surface area contributed by atoms with Gasteiger partial charge in [-0.25, -0.2) is 0 Å². The van der Waals surface area contributed by atoms with Gasteiger partial charge in [-0.3, -0.25) is 9.59 Å². The van der Waals surface area contributed by atoms with Crippen molar-refractivity contribution in [3.05, 3.63) is 65.7 Å². The highest BCUT2D eigenvalue weighted by atomic mass is 16.2. The van der Waals surface area contributed by atoms with E-state index in [9.17, 15) is 9.59 Å². The summed E-state index contributed by atoms with van der Waals surface area (Å²) in [5, 5.41) is 0. The van der Waals surface area contributed by atoms with Gasteiger partial charge < -0.3 is 16.4 Å². The third-order valence-electron chi connectivity index (χ3n) is 3.86. The minimum atomic E-state index is -0.409. The highest BCUT2D eigenvalue weighted by Crippen LogP contribution is 2.14. The van der Waals surface area contributed by atoms with Crippen molar-refractivity contribution in [2.24, 2.45) is 5.73 Å². The lowest BCUT2D eigenvalue weighted by atomic mass is 10.1. The van der Waals surface area contributed by atoms with Gasteiger partial charge in [-0.2, -0.15) is 0 Å². The molecule has 0 aliphatic rings. The van der Waals surface area contributed by atoms with Gasteiger partial charge in [0, 0.05) is 31.6 Å². The molecule has 0 unspecified atom stereocenters. The lowest BCUT2D eigenvalue weighted by Crippen LogP contribution is -2.33. The maximum Gasteiger partial charge on any atom is 0.223 e. The monoisotopic (exact) mass is 325 g/mol. The molecule has 0 aromatic heterocycles. The predicted molar refractivity (Wildman–Crippen MR) is 94.8 cm³/mol. The predicted octanol–water partition coefficient (Wildman–Crippen LogP) is 2.11. The zero-order valence-electron chi connectivity index (χ0n) is 13.7. The number of nitrogen functional groups attached to an aromatic ring is 1. The minimum absolute atomic E-state index is 0.0108. The number of carbonyl (C=O) groups is 2. The Balaban J connectivity index is 2.00. The van der Waals surface area contributed by atoms with E-state index in [2.05, 4.69) is 0 Å². The van der Waals surface area contributed by atoms with Gasteiger partial charge in [0.1, 0.15) is 0 Å². The number of para-hydroxylation sites is 1. The summed E-state index contributed by atoms with van der Waals surface area (Å²) in [7, 11) is 0. The van der Waals surface area contributed by atoms with Crippen molar-refractivity contribution in [2.45, 2.75) is 25.8 Å². The molecule has 0 fully saturated rings. The van der Waals surface area contributed by atoms with E-state index in [1.54, 1.807) is 4.90 Å². The highest BCUT2D eigenvalue weighted by molar-refractivity contribution is 5.78. The van der Waals surface area contributed by atoms with E-state index in [0.717, 1.165) is 11.1 Å². The Labute approximate surface area is 142 Å². The van der Waals surface area contributed by atoms with Crippen molar-refractivity contribution in [1.29, 1.82) is 0 Å². The summed E-state index contributed by atoms with van der Waals surface area (Å²) >= 11 is 0. The molecule has 0 saturated carbocycles. The number of nitrogens with two attached hydrogens (primary N) is 2. The molecule has 0 heterocycles. The number of carbonyl (C=O) groups excluding carboxylic acids is 2. The Kier molecular flexibility index (Phi) is 6.37. The molecule has 126 valence electrons. The van der Waals surface area contributed by atoms with Gasteiger partial charge in [0.05, 0.1) is 0 Å². The normalized spacial score (nSPS) is 10.3. The van der Waals surface area contributed by atoms with Crippen LogP contribution in [0, 0.1) is 0 Å². The van der Waals surface area contributed by atoms with Gasteiger partial charge in [-0.05, 0) is 23.6 Å². The molecule has 0 atom stereocenters.